The molecule has 0 atom stereocenters. The molecule has 2 N–H and O–H groups in total. The molecule has 1 saturated heterocycles. The van der Waals surface area contributed by atoms with Gasteiger partial charge in [-0.05, 0) is 45.7 Å². The smallest absolute Gasteiger partial charge is 0.0558 e. The van der Waals surface area contributed by atoms with Crippen LogP contribution in [0.15, 0.2) is 0 Å². The standard InChI is InChI=1S/C11H24N2O.ClH/c1-10(2)13(7-8-14)9-11-3-5-12-6-4-11;/h10-12,14H,3-9H2,1-2H3;1H. The van der Waals surface area contributed by atoms with Crippen LogP contribution in [0.2, 0.25) is 0 Å². The summed E-state index contributed by atoms with van der Waals surface area (Å²) in [7, 11) is 0. The van der Waals surface area contributed by atoms with Gasteiger partial charge >= 0.3 is 0 Å². The molecule has 0 spiro atoms. The van der Waals surface area contributed by atoms with Crippen LogP contribution in [0.25, 0.3) is 0 Å². The predicted molar refractivity (Wildman–Crippen MR) is 66.6 cm³/mol. The average Bonchev–Trinajstić information content (AvgIpc) is 2.18. The largest absolute Gasteiger partial charge is 0.395 e. The van der Waals surface area contributed by atoms with Gasteiger partial charge in [-0.2, -0.15) is 0 Å². The van der Waals surface area contributed by atoms with E-state index in [1.54, 1.807) is 0 Å². The number of aliphatic hydroxyl groups excluding tert-OH is 1. The van der Waals surface area contributed by atoms with Gasteiger partial charge in [-0.15, -0.1) is 12.4 Å². The summed E-state index contributed by atoms with van der Waals surface area (Å²) in [5, 5.41) is 12.3. The van der Waals surface area contributed by atoms with Crippen molar-refractivity contribution in [3.05, 3.63) is 0 Å². The predicted octanol–water partition coefficient (Wildman–Crippen LogP) is 1.11. The van der Waals surface area contributed by atoms with Crippen molar-refractivity contribution >= 4 is 12.4 Å². The van der Waals surface area contributed by atoms with E-state index in [-0.39, 0.29) is 19.0 Å². The van der Waals surface area contributed by atoms with Gasteiger partial charge in [0.15, 0.2) is 0 Å². The lowest BCUT2D eigenvalue weighted by atomic mass is 9.97. The van der Waals surface area contributed by atoms with Gasteiger partial charge in [0.2, 0.25) is 0 Å². The third-order valence-corrected chi connectivity index (χ3v) is 3.07. The second kappa shape index (κ2) is 8.34. The van der Waals surface area contributed by atoms with Gasteiger partial charge in [-0.25, -0.2) is 0 Å². The molecule has 0 aliphatic carbocycles. The van der Waals surface area contributed by atoms with Crippen molar-refractivity contribution in [1.29, 1.82) is 0 Å². The molecule has 92 valence electrons. The molecule has 1 aliphatic heterocycles. The fourth-order valence-corrected chi connectivity index (χ4v) is 2.08. The maximum Gasteiger partial charge on any atom is 0.0558 e. The third kappa shape index (κ3) is 5.71. The fraction of sp³-hybridized carbons (Fsp3) is 1.00. The molecule has 0 aromatic heterocycles. The number of aliphatic hydroxyl groups is 1. The van der Waals surface area contributed by atoms with Crippen LogP contribution in [0.5, 0.6) is 0 Å². The molecule has 0 aromatic carbocycles. The Morgan fingerprint density at radius 1 is 1.33 bits per heavy atom. The Hall–Kier alpha value is 0.170. The van der Waals surface area contributed by atoms with Crippen molar-refractivity contribution in [1.82, 2.24) is 10.2 Å². The van der Waals surface area contributed by atoms with E-state index in [1.807, 2.05) is 0 Å². The number of hydrogen-bond acceptors (Lipinski definition) is 3. The molecule has 0 aromatic rings. The number of hydrogen-bond donors (Lipinski definition) is 2. The summed E-state index contributed by atoms with van der Waals surface area (Å²) in [5.41, 5.74) is 0. The SMILES string of the molecule is CC(C)N(CCO)CC1CCNCC1.Cl. The van der Waals surface area contributed by atoms with E-state index in [0.717, 1.165) is 32.1 Å². The highest BCUT2D eigenvalue weighted by Gasteiger charge is 2.18. The van der Waals surface area contributed by atoms with Gasteiger partial charge < -0.3 is 10.4 Å². The van der Waals surface area contributed by atoms with Crippen molar-refractivity contribution in [3.63, 3.8) is 0 Å². The van der Waals surface area contributed by atoms with E-state index in [9.17, 15) is 0 Å². The lowest BCUT2D eigenvalue weighted by Crippen LogP contribution is -2.40. The van der Waals surface area contributed by atoms with Gasteiger partial charge in [0, 0.05) is 19.1 Å². The van der Waals surface area contributed by atoms with E-state index in [0.29, 0.717) is 6.04 Å². The second-order valence-corrected chi connectivity index (χ2v) is 4.51. The Labute approximate surface area is 99.6 Å². The van der Waals surface area contributed by atoms with E-state index in [1.165, 1.54) is 12.8 Å². The highest BCUT2D eigenvalue weighted by atomic mass is 35.5. The number of piperidine rings is 1. The van der Waals surface area contributed by atoms with Crippen molar-refractivity contribution in [2.75, 3.05) is 32.8 Å². The summed E-state index contributed by atoms with van der Waals surface area (Å²) >= 11 is 0. The molecule has 0 unspecified atom stereocenters. The van der Waals surface area contributed by atoms with Gasteiger partial charge in [0.25, 0.3) is 0 Å². The van der Waals surface area contributed by atoms with Crippen molar-refractivity contribution in [2.24, 2.45) is 5.92 Å². The zero-order chi connectivity index (χ0) is 10.4. The summed E-state index contributed by atoms with van der Waals surface area (Å²) in [6, 6.07) is 0.553. The highest BCUT2D eigenvalue weighted by molar-refractivity contribution is 5.85. The Morgan fingerprint density at radius 3 is 2.40 bits per heavy atom. The van der Waals surface area contributed by atoms with Crippen LogP contribution in [0.4, 0.5) is 0 Å². The highest BCUT2D eigenvalue weighted by Crippen LogP contribution is 2.14. The second-order valence-electron chi connectivity index (χ2n) is 4.51. The van der Waals surface area contributed by atoms with Crippen molar-refractivity contribution in [3.8, 4) is 0 Å². The summed E-state index contributed by atoms with van der Waals surface area (Å²) in [4.78, 5) is 2.38. The zero-order valence-electron chi connectivity index (χ0n) is 9.91. The van der Waals surface area contributed by atoms with Gasteiger partial charge in [-0.3, -0.25) is 4.90 Å². The summed E-state index contributed by atoms with van der Waals surface area (Å²) < 4.78 is 0. The van der Waals surface area contributed by atoms with Crippen LogP contribution in [0.1, 0.15) is 26.7 Å². The molecular formula is C11H25ClN2O. The van der Waals surface area contributed by atoms with E-state index < -0.39 is 0 Å². The Kier molecular flexibility index (Phi) is 8.43. The topological polar surface area (TPSA) is 35.5 Å². The third-order valence-electron chi connectivity index (χ3n) is 3.07. The van der Waals surface area contributed by atoms with Crippen LogP contribution in [0, 0.1) is 5.92 Å². The molecule has 0 amide bonds. The maximum atomic E-state index is 8.96. The minimum Gasteiger partial charge on any atom is -0.395 e. The van der Waals surface area contributed by atoms with Crippen LogP contribution in [-0.4, -0.2) is 48.8 Å². The Bertz CT molecular complexity index is 150. The van der Waals surface area contributed by atoms with Crippen molar-refractivity contribution in [2.45, 2.75) is 32.7 Å². The molecule has 1 rings (SSSR count). The Morgan fingerprint density at radius 2 is 1.93 bits per heavy atom. The van der Waals surface area contributed by atoms with Gasteiger partial charge in [-0.1, -0.05) is 0 Å². The quantitative estimate of drug-likeness (QED) is 0.751. The van der Waals surface area contributed by atoms with Crippen LogP contribution < -0.4 is 5.32 Å². The lowest BCUT2D eigenvalue weighted by molar-refractivity contribution is 0.135. The van der Waals surface area contributed by atoms with Crippen molar-refractivity contribution < 1.29 is 5.11 Å². The monoisotopic (exact) mass is 236 g/mol. The van der Waals surface area contributed by atoms with Crippen LogP contribution >= 0.6 is 12.4 Å². The minimum atomic E-state index is 0. The fourth-order valence-electron chi connectivity index (χ4n) is 2.08. The number of rotatable bonds is 5. The molecule has 1 fully saturated rings. The summed E-state index contributed by atoms with van der Waals surface area (Å²) in [6.45, 7) is 8.99. The number of halogens is 1. The van der Waals surface area contributed by atoms with E-state index >= 15 is 0 Å². The average molecular weight is 237 g/mol. The first-order chi connectivity index (χ1) is 6.74. The lowest BCUT2D eigenvalue weighted by Gasteiger charge is -2.32. The number of nitrogens with one attached hydrogen (secondary N) is 1. The first-order valence-corrected chi connectivity index (χ1v) is 5.79. The first kappa shape index (κ1) is 15.2. The number of nitrogens with zero attached hydrogens (tertiary/aromatic N) is 1. The van der Waals surface area contributed by atoms with E-state index in [2.05, 4.69) is 24.1 Å². The van der Waals surface area contributed by atoms with Crippen LogP contribution in [-0.2, 0) is 0 Å². The molecule has 4 heteroatoms. The molecule has 3 nitrogen and oxygen atoms in total. The first-order valence-electron chi connectivity index (χ1n) is 5.79. The van der Waals surface area contributed by atoms with E-state index in [4.69, 9.17) is 5.11 Å². The van der Waals surface area contributed by atoms with Gasteiger partial charge in [0.1, 0.15) is 0 Å². The normalized spacial score (nSPS) is 18.2. The molecule has 0 bridgehead atoms. The molecule has 0 radical (unpaired) electrons. The summed E-state index contributed by atoms with van der Waals surface area (Å²) in [6.07, 6.45) is 2.57. The van der Waals surface area contributed by atoms with Gasteiger partial charge in [0.05, 0.1) is 6.61 Å². The van der Waals surface area contributed by atoms with Crippen LogP contribution in [0.3, 0.4) is 0 Å². The summed E-state index contributed by atoms with van der Waals surface area (Å²) in [5.74, 6) is 0.824. The molecule has 1 aliphatic rings. The Balaban J connectivity index is 0.00000196. The minimum absolute atomic E-state index is 0. The molecule has 1 heterocycles. The molecule has 0 saturated carbocycles. The molecule has 15 heavy (non-hydrogen) atoms. The maximum absolute atomic E-state index is 8.96. The molecular weight excluding hydrogens is 212 g/mol. The zero-order valence-corrected chi connectivity index (χ0v) is 10.7.